The molecule has 0 spiro atoms. The predicted octanol–water partition coefficient (Wildman–Crippen LogP) is 2.91. The molecule has 0 radical (unpaired) electrons. The Kier molecular flexibility index (Phi) is 5.90. The lowest BCUT2D eigenvalue weighted by atomic mass is 10.0. The fourth-order valence-electron chi connectivity index (χ4n) is 3.36. The van der Waals surface area contributed by atoms with Crippen LogP contribution >= 0.6 is 0 Å². The van der Waals surface area contributed by atoms with Gasteiger partial charge >= 0.3 is 6.18 Å². The highest BCUT2D eigenvalue weighted by molar-refractivity contribution is 5.95. The zero-order valence-electron chi connectivity index (χ0n) is 16.1. The largest absolute Gasteiger partial charge is 0.433 e. The lowest BCUT2D eigenvalue weighted by molar-refractivity contribution is -0.145. The lowest BCUT2D eigenvalue weighted by Crippen LogP contribution is -2.46. The zero-order valence-corrected chi connectivity index (χ0v) is 16.1. The van der Waals surface area contributed by atoms with Crippen LogP contribution in [0.15, 0.2) is 30.7 Å². The number of nitrogens with one attached hydrogen (secondary N) is 1. The van der Waals surface area contributed by atoms with Crippen molar-refractivity contribution in [2.75, 3.05) is 13.1 Å². The third kappa shape index (κ3) is 4.57. The molecule has 0 aromatic carbocycles. The Morgan fingerprint density at radius 1 is 1.21 bits per heavy atom. The number of likely N-dealkylation sites (tertiary alicyclic amines) is 1. The summed E-state index contributed by atoms with van der Waals surface area (Å²) < 4.78 is 41.4. The van der Waals surface area contributed by atoms with E-state index in [1.165, 1.54) is 11.1 Å². The molecule has 0 bridgehead atoms. The summed E-state index contributed by atoms with van der Waals surface area (Å²) in [4.78, 5) is 30.2. The van der Waals surface area contributed by atoms with Crippen molar-refractivity contribution in [1.29, 1.82) is 0 Å². The number of aromatic nitrogens is 3. The van der Waals surface area contributed by atoms with Gasteiger partial charge in [-0.3, -0.25) is 19.3 Å². The minimum Gasteiger partial charge on any atom is -0.349 e. The van der Waals surface area contributed by atoms with Crippen LogP contribution in [0.1, 0.15) is 59.1 Å². The summed E-state index contributed by atoms with van der Waals surface area (Å²) in [5, 5.41) is 6.65. The van der Waals surface area contributed by atoms with Crippen LogP contribution in [0.5, 0.6) is 0 Å². The number of alkyl halides is 3. The number of carbonyl (C=O) groups is 2. The first-order valence-corrected chi connectivity index (χ1v) is 9.33. The molecular weight excluding hydrogens is 387 g/mol. The van der Waals surface area contributed by atoms with Crippen molar-refractivity contribution in [2.45, 2.75) is 44.9 Å². The van der Waals surface area contributed by atoms with E-state index >= 15 is 0 Å². The van der Waals surface area contributed by atoms with E-state index in [-0.39, 0.29) is 25.0 Å². The van der Waals surface area contributed by atoms with Gasteiger partial charge in [-0.25, -0.2) is 0 Å². The molecule has 3 rings (SSSR count). The second-order valence-electron chi connectivity index (χ2n) is 7.22. The van der Waals surface area contributed by atoms with Gasteiger partial charge in [-0.15, -0.1) is 0 Å². The lowest BCUT2D eigenvalue weighted by Gasteiger charge is -2.32. The summed E-state index contributed by atoms with van der Waals surface area (Å²) in [6.45, 7) is 3.65. The molecule has 1 aliphatic rings. The van der Waals surface area contributed by atoms with Crippen molar-refractivity contribution in [3.8, 4) is 0 Å². The Balaban J connectivity index is 1.66. The number of nitrogens with zero attached hydrogens (tertiary/aromatic N) is 4. The first-order valence-electron chi connectivity index (χ1n) is 9.33. The van der Waals surface area contributed by atoms with Crippen molar-refractivity contribution in [3.63, 3.8) is 0 Å². The first-order chi connectivity index (χ1) is 13.7. The highest BCUT2D eigenvalue weighted by Crippen LogP contribution is 2.34. The van der Waals surface area contributed by atoms with Gasteiger partial charge in [-0.05, 0) is 38.8 Å². The number of hydrogen-bond donors (Lipinski definition) is 1. The van der Waals surface area contributed by atoms with Crippen molar-refractivity contribution < 1.29 is 22.8 Å². The van der Waals surface area contributed by atoms with Gasteiger partial charge in [0.05, 0.1) is 17.3 Å². The minimum atomic E-state index is -4.68. The van der Waals surface area contributed by atoms with Crippen LogP contribution in [0.25, 0.3) is 0 Å². The quantitative estimate of drug-likeness (QED) is 0.842. The molecule has 10 heteroatoms. The Morgan fingerprint density at radius 3 is 2.45 bits per heavy atom. The van der Waals surface area contributed by atoms with E-state index in [4.69, 9.17) is 0 Å². The van der Waals surface area contributed by atoms with Gasteiger partial charge in [-0.1, -0.05) is 0 Å². The summed E-state index contributed by atoms with van der Waals surface area (Å²) in [6, 6.07) is 2.62. The number of piperidine rings is 1. The summed E-state index contributed by atoms with van der Waals surface area (Å²) in [5.74, 6) is -0.957. The fourth-order valence-corrected chi connectivity index (χ4v) is 3.36. The Labute approximate surface area is 165 Å². The van der Waals surface area contributed by atoms with Crippen LogP contribution in [-0.2, 0) is 6.18 Å². The average Bonchev–Trinajstić information content (AvgIpc) is 3.15. The Bertz CT molecular complexity index is 872. The molecule has 0 saturated carbocycles. The molecule has 1 saturated heterocycles. The minimum absolute atomic E-state index is 0.160. The number of carbonyl (C=O) groups excluding carboxylic acids is 2. The number of hydrogen-bond acceptors (Lipinski definition) is 4. The molecule has 1 N–H and O–H groups in total. The molecule has 2 aromatic rings. The number of halogens is 3. The molecule has 2 aromatic heterocycles. The SMILES string of the molecule is CC(C)n1ncc(C(=O)N2CCC(NC(=O)c3cccnc3)CC2)c1C(F)(F)F. The Hall–Kier alpha value is -2.91. The predicted molar refractivity (Wildman–Crippen MR) is 98.2 cm³/mol. The summed E-state index contributed by atoms with van der Waals surface area (Å²) >= 11 is 0. The molecule has 0 aliphatic carbocycles. The van der Waals surface area contributed by atoms with Gasteiger partial charge < -0.3 is 10.2 Å². The van der Waals surface area contributed by atoms with Gasteiger partial charge in [0.15, 0.2) is 5.69 Å². The number of rotatable bonds is 4. The van der Waals surface area contributed by atoms with Gasteiger partial charge in [0.1, 0.15) is 0 Å². The first kappa shape index (κ1) is 20.8. The molecule has 2 amide bonds. The van der Waals surface area contributed by atoms with E-state index in [2.05, 4.69) is 15.4 Å². The molecule has 0 atom stereocenters. The van der Waals surface area contributed by atoms with E-state index in [9.17, 15) is 22.8 Å². The highest BCUT2D eigenvalue weighted by Gasteiger charge is 2.41. The summed E-state index contributed by atoms with van der Waals surface area (Å²) in [7, 11) is 0. The molecular formula is C19H22F3N5O2. The maximum atomic E-state index is 13.5. The zero-order chi connectivity index (χ0) is 21.2. The topological polar surface area (TPSA) is 80.1 Å². The highest BCUT2D eigenvalue weighted by atomic mass is 19.4. The molecule has 29 heavy (non-hydrogen) atoms. The van der Waals surface area contributed by atoms with E-state index < -0.39 is 29.4 Å². The van der Waals surface area contributed by atoms with Gasteiger partial charge in [-0.2, -0.15) is 18.3 Å². The van der Waals surface area contributed by atoms with Crippen LogP contribution < -0.4 is 5.32 Å². The summed E-state index contributed by atoms with van der Waals surface area (Å²) in [5.41, 5.74) is -1.03. The third-order valence-electron chi connectivity index (χ3n) is 4.82. The van der Waals surface area contributed by atoms with Gasteiger partial charge in [0.2, 0.25) is 0 Å². The Morgan fingerprint density at radius 2 is 1.90 bits per heavy atom. The standard InChI is InChI=1S/C19H22F3N5O2/c1-12(2)27-16(19(20,21)22)15(11-24-27)18(29)26-8-5-14(6-9-26)25-17(28)13-4-3-7-23-10-13/h3-4,7,10-12,14H,5-6,8-9H2,1-2H3,(H,25,28). The van der Waals surface area contributed by atoms with Crippen molar-refractivity contribution in [1.82, 2.24) is 25.0 Å². The smallest absolute Gasteiger partial charge is 0.349 e. The molecule has 7 nitrogen and oxygen atoms in total. The van der Waals surface area contributed by atoms with E-state index in [0.717, 1.165) is 10.9 Å². The second kappa shape index (κ2) is 8.22. The molecule has 156 valence electrons. The van der Waals surface area contributed by atoms with Crippen molar-refractivity contribution >= 4 is 11.8 Å². The van der Waals surface area contributed by atoms with Crippen LogP contribution in [0.3, 0.4) is 0 Å². The number of pyridine rings is 1. The van der Waals surface area contributed by atoms with Crippen LogP contribution in [0.2, 0.25) is 0 Å². The van der Waals surface area contributed by atoms with E-state index in [1.807, 2.05) is 0 Å². The number of amides is 2. The van der Waals surface area contributed by atoms with Crippen LogP contribution in [0.4, 0.5) is 13.2 Å². The average molecular weight is 409 g/mol. The monoisotopic (exact) mass is 409 g/mol. The third-order valence-corrected chi connectivity index (χ3v) is 4.82. The van der Waals surface area contributed by atoms with Crippen molar-refractivity contribution in [2.24, 2.45) is 0 Å². The van der Waals surface area contributed by atoms with Gasteiger partial charge in [0, 0.05) is 37.6 Å². The maximum Gasteiger partial charge on any atom is 0.433 e. The van der Waals surface area contributed by atoms with E-state index in [0.29, 0.717) is 18.4 Å². The summed E-state index contributed by atoms with van der Waals surface area (Å²) in [6.07, 6.45) is 0.245. The van der Waals surface area contributed by atoms with Gasteiger partial charge in [0.25, 0.3) is 11.8 Å². The van der Waals surface area contributed by atoms with Crippen molar-refractivity contribution in [3.05, 3.63) is 47.5 Å². The van der Waals surface area contributed by atoms with E-state index in [1.54, 1.807) is 32.2 Å². The normalized spacial score (nSPS) is 15.6. The second-order valence-corrected chi connectivity index (χ2v) is 7.22. The fraction of sp³-hybridized carbons (Fsp3) is 0.474. The molecule has 1 aliphatic heterocycles. The maximum absolute atomic E-state index is 13.5. The molecule has 3 heterocycles. The molecule has 0 unspecified atom stereocenters. The van der Waals surface area contributed by atoms with Crippen LogP contribution in [-0.4, -0.2) is 50.6 Å². The van der Waals surface area contributed by atoms with Crippen LogP contribution in [0, 0.1) is 0 Å². The molecule has 1 fully saturated rings.